The molecule has 2 heterocycles. The van der Waals surface area contributed by atoms with Gasteiger partial charge in [0.1, 0.15) is 12.6 Å². The predicted molar refractivity (Wildman–Crippen MR) is 74.6 cm³/mol. The summed E-state index contributed by atoms with van der Waals surface area (Å²) in [6.07, 6.45) is 2.67. The minimum atomic E-state index is -0.264. The van der Waals surface area contributed by atoms with E-state index in [1.807, 2.05) is 4.90 Å². The third kappa shape index (κ3) is 2.77. The molecule has 0 bridgehead atoms. The van der Waals surface area contributed by atoms with Crippen molar-refractivity contribution in [3.63, 3.8) is 0 Å². The number of nitrogens with zero attached hydrogens (tertiary/aromatic N) is 2. The van der Waals surface area contributed by atoms with Gasteiger partial charge in [-0.2, -0.15) is 0 Å². The second kappa shape index (κ2) is 4.50. The molecule has 0 saturated carbocycles. The highest BCUT2D eigenvalue weighted by molar-refractivity contribution is 5.95. The van der Waals surface area contributed by atoms with Gasteiger partial charge in [-0.3, -0.25) is 9.59 Å². The van der Waals surface area contributed by atoms with Crippen molar-refractivity contribution >= 4 is 11.8 Å². The van der Waals surface area contributed by atoms with Crippen LogP contribution in [-0.4, -0.2) is 46.3 Å². The number of hydrogen-bond acceptors (Lipinski definition) is 2. The van der Waals surface area contributed by atoms with E-state index in [9.17, 15) is 9.59 Å². The molecule has 4 nitrogen and oxygen atoms in total. The molecule has 0 aromatic rings. The summed E-state index contributed by atoms with van der Waals surface area (Å²) in [7, 11) is 0. The Hall–Kier alpha value is -1.06. The molecular formula is C15H26N2O2. The van der Waals surface area contributed by atoms with Crippen LogP contribution >= 0.6 is 0 Å². The molecule has 0 aromatic carbocycles. The lowest BCUT2D eigenvalue weighted by Crippen LogP contribution is -2.63. The Morgan fingerprint density at radius 1 is 1.16 bits per heavy atom. The van der Waals surface area contributed by atoms with Crippen molar-refractivity contribution in [2.24, 2.45) is 5.41 Å². The SMILES string of the molecule is CC(C)(C)CC(C)(C)N1CC(=O)N2CCCC2C1=O. The van der Waals surface area contributed by atoms with E-state index < -0.39 is 0 Å². The molecule has 2 amide bonds. The normalized spacial score (nSPS) is 25.0. The molecular weight excluding hydrogens is 240 g/mol. The Balaban J connectivity index is 2.20. The van der Waals surface area contributed by atoms with Gasteiger partial charge in [-0.15, -0.1) is 0 Å². The quantitative estimate of drug-likeness (QED) is 0.767. The summed E-state index contributed by atoms with van der Waals surface area (Å²) in [6, 6.07) is -0.194. The Morgan fingerprint density at radius 3 is 2.37 bits per heavy atom. The molecule has 0 aromatic heterocycles. The van der Waals surface area contributed by atoms with Gasteiger partial charge in [-0.1, -0.05) is 20.8 Å². The highest BCUT2D eigenvalue weighted by atomic mass is 16.2. The minimum Gasteiger partial charge on any atom is -0.329 e. The molecule has 2 rings (SSSR count). The standard InChI is InChI=1S/C15H26N2O2/c1-14(2,3)10-15(4,5)17-9-12(18)16-8-6-7-11(16)13(17)19/h11H,6-10H2,1-5H3. The largest absolute Gasteiger partial charge is 0.329 e. The molecule has 2 fully saturated rings. The van der Waals surface area contributed by atoms with Crippen LogP contribution in [0.3, 0.4) is 0 Å². The van der Waals surface area contributed by atoms with Crippen LogP contribution in [-0.2, 0) is 9.59 Å². The highest BCUT2D eigenvalue weighted by Crippen LogP contribution is 2.35. The Labute approximate surface area is 116 Å². The lowest BCUT2D eigenvalue weighted by atomic mass is 9.80. The van der Waals surface area contributed by atoms with Crippen LogP contribution < -0.4 is 0 Å². The van der Waals surface area contributed by atoms with Crippen molar-refractivity contribution in [3.8, 4) is 0 Å². The van der Waals surface area contributed by atoms with Crippen LogP contribution in [0, 0.1) is 5.41 Å². The van der Waals surface area contributed by atoms with Gasteiger partial charge >= 0.3 is 0 Å². The fourth-order valence-electron chi connectivity index (χ4n) is 3.71. The zero-order valence-electron chi connectivity index (χ0n) is 12.8. The molecule has 1 unspecified atom stereocenters. The minimum absolute atomic E-state index is 0.115. The average molecular weight is 266 g/mol. The summed E-state index contributed by atoms with van der Waals surface area (Å²) < 4.78 is 0. The van der Waals surface area contributed by atoms with Crippen molar-refractivity contribution in [1.82, 2.24) is 9.80 Å². The van der Waals surface area contributed by atoms with E-state index in [0.29, 0.717) is 0 Å². The first-order valence-electron chi connectivity index (χ1n) is 7.23. The van der Waals surface area contributed by atoms with Crippen LogP contribution in [0.15, 0.2) is 0 Å². The summed E-state index contributed by atoms with van der Waals surface area (Å²) >= 11 is 0. The summed E-state index contributed by atoms with van der Waals surface area (Å²) in [6.45, 7) is 11.7. The molecule has 0 radical (unpaired) electrons. The first-order chi connectivity index (χ1) is 8.62. The fraction of sp³-hybridized carbons (Fsp3) is 0.867. The van der Waals surface area contributed by atoms with Gasteiger partial charge in [0.25, 0.3) is 0 Å². The van der Waals surface area contributed by atoms with Gasteiger partial charge in [0, 0.05) is 12.1 Å². The smallest absolute Gasteiger partial charge is 0.246 e. The predicted octanol–water partition coefficient (Wildman–Crippen LogP) is 2.03. The number of rotatable bonds is 2. The summed E-state index contributed by atoms with van der Waals surface area (Å²) in [5.41, 5.74) is -0.126. The fourth-order valence-corrected chi connectivity index (χ4v) is 3.71. The number of piperazine rings is 1. The van der Waals surface area contributed by atoms with Crippen LogP contribution in [0.1, 0.15) is 53.9 Å². The van der Waals surface area contributed by atoms with Gasteiger partial charge in [0.15, 0.2) is 0 Å². The van der Waals surface area contributed by atoms with Crippen molar-refractivity contribution in [2.75, 3.05) is 13.1 Å². The lowest BCUT2D eigenvalue weighted by molar-refractivity contribution is -0.159. The Morgan fingerprint density at radius 2 is 1.79 bits per heavy atom. The maximum atomic E-state index is 12.6. The number of hydrogen-bond donors (Lipinski definition) is 0. The van der Waals surface area contributed by atoms with Crippen molar-refractivity contribution in [3.05, 3.63) is 0 Å². The number of carbonyl (C=O) groups is 2. The number of carbonyl (C=O) groups excluding carboxylic acids is 2. The zero-order valence-corrected chi connectivity index (χ0v) is 12.8. The molecule has 4 heteroatoms. The van der Waals surface area contributed by atoms with E-state index >= 15 is 0 Å². The van der Waals surface area contributed by atoms with Gasteiger partial charge in [-0.25, -0.2) is 0 Å². The van der Waals surface area contributed by atoms with Crippen LogP contribution in [0.25, 0.3) is 0 Å². The third-order valence-corrected chi connectivity index (χ3v) is 4.11. The lowest BCUT2D eigenvalue weighted by Gasteiger charge is -2.47. The zero-order chi connectivity index (χ0) is 14.4. The van der Waals surface area contributed by atoms with E-state index in [4.69, 9.17) is 0 Å². The first-order valence-corrected chi connectivity index (χ1v) is 7.23. The summed E-state index contributed by atoms with van der Waals surface area (Å²) in [4.78, 5) is 28.4. The average Bonchev–Trinajstić information content (AvgIpc) is 2.68. The molecule has 0 spiro atoms. The van der Waals surface area contributed by atoms with E-state index in [1.54, 1.807) is 4.90 Å². The second-order valence-corrected chi connectivity index (χ2v) is 7.72. The second-order valence-electron chi connectivity index (χ2n) is 7.72. The molecule has 19 heavy (non-hydrogen) atoms. The van der Waals surface area contributed by atoms with Gasteiger partial charge in [0.2, 0.25) is 11.8 Å². The maximum absolute atomic E-state index is 12.6. The molecule has 1 atom stereocenters. The van der Waals surface area contributed by atoms with Crippen LogP contribution in [0.4, 0.5) is 0 Å². The molecule has 0 N–H and O–H groups in total. The monoisotopic (exact) mass is 266 g/mol. The van der Waals surface area contributed by atoms with Crippen molar-refractivity contribution in [1.29, 1.82) is 0 Å². The highest BCUT2D eigenvalue weighted by Gasteiger charge is 2.47. The molecule has 108 valence electrons. The maximum Gasteiger partial charge on any atom is 0.246 e. The molecule has 2 aliphatic rings. The van der Waals surface area contributed by atoms with E-state index in [0.717, 1.165) is 25.8 Å². The van der Waals surface area contributed by atoms with Crippen molar-refractivity contribution in [2.45, 2.75) is 65.5 Å². The summed E-state index contributed by atoms with van der Waals surface area (Å²) in [5.74, 6) is 0.260. The van der Waals surface area contributed by atoms with Gasteiger partial charge in [0.05, 0.1) is 0 Å². The van der Waals surface area contributed by atoms with Gasteiger partial charge in [-0.05, 0) is 38.5 Å². The Bertz CT molecular complexity index is 395. The Kier molecular flexibility index (Phi) is 3.40. The summed E-state index contributed by atoms with van der Waals surface area (Å²) in [5, 5.41) is 0. The topological polar surface area (TPSA) is 40.6 Å². The molecule has 0 aliphatic carbocycles. The van der Waals surface area contributed by atoms with E-state index in [-0.39, 0.29) is 35.4 Å². The molecule has 2 saturated heterocycles. The van der Waals surface area contributed by atoms with Gasteiger partial charge < -0.3 is 9.80 Å². The molecule has 2 aliphatic heterocycles. The van der Waals surface area contributed by atoms with Crippen LogP contribution in [0.5, 0.6) is 0 Å². The van der Waals surface area contributed by atoms with Crippen molar-refractivity contribution < 1.29 is 9.59 Å². The van der Waals surface area contributed by atoms with E-state index in [1.165, 1.54) is 0 Å². The number of fused-ring (bicyclic) bond motifs is 1. The number of amides is 2. The third-order valence-electron chi connectivity index (χ3n) is 4.11. The van der Waals surface area contributed by atoms with Crippen LogP contribution in [0.2, 0.25) is 0 Å². The van der Waals surface area contributed by atoms with E-state index in [2.05, 4.69) is 34.6 Å². The first kappa shape index (κ1) is 14.4.